The number of carbonyl (C=O) groups is 2. The van der Waals surface area contributed by atoms with E-state index in [2.05, 4.69) is 47.6 Å². The summed E-state index contributed by atoms with van der Waals surface area (Å²) in [6.45, 7) is -0.403. The van der Waals surface area contributed by atoms with Gasteiger partial charge >= 0.3 is 5.97 Å². The predicted octanol–water partition coefficient (Wildman–Crippen LogP) is 5.48. The van der Waals surface area contributed by atoms with Crippen molar-refractivity contribution < 1.29 is 14.7 Å². The Morgan fingerprint density at radius 2 is 2.03 bits per heavy atom. The third-order valence-corrected chi connectivity index (χ3v) is 8.46. The van der Waals surface area contributed by atoms with Crippen molar-refractivity contribution in [3.8, 4) is 0 Å². The van der Waals surface area contributed by atoms with E-state index in [1.807, 2.05) is 12.1 Å². The monoisotopic (exact) mass is 482 g/mol. The van der Waals surface area contributed by atoms with Gasteiger partial charge in [0.05, 0.1) is 4.91 Å². The van der Waals surface area contributed by atoms with Gasteiger partial charge in [0.2, 0.25) is 0 Å². The highest BCUT2D eigenvalue weighted by Crippen LogP contribution is 2.52. The smallest absolute Gasteiger partial charge is 0.323 e. The van der Waals surface area contributed by atoms with Crippen LogP contribution in [-0.4, -0.2) is 45.0 Å². The maximum Gasteiger partial charge on any atom is 0.323 e. The van der Waals surface area contributed by atoms with Gasteiger partial charge in [0.1, 0.15) is 10.9 Å². The van der Waals surface area contributed by atoms with Gasteiger partial charge in [-0.3, -0.25) is 14.5 Å². The Morgan fingerprint density at radius 1 is 1.25 bits per heavy atom. The third-order valence-electron chi connectivity index (χ3n) is 6.34. The van der Waals surface area contributed by atoms with E-state index in [0.717, 1.165) is 10.5 Å². The Labute approximate surface area is 200 Å². The number of thiocarbonyl (C=S) groups is 1. The minimum absolute atomic E-state index is 0.292. The summed E-state index contributed by atoms with van der Waals surface area (Å²) in [6, 6.07) is 15.6. The number of carboxylic acids is 1. The van der Waals surface area contributed by atoms with Crippen LogP contribution in [0.3, 0.4) is 0 Å². The van der Waals surface area contributed by atoms with Gasteiger partial charge in [-0.1, -0.05) is 36.5 Å². The molecule has 2 fully saturated rings. The number of fused-ring (bicyclic) bond motifs is 3. The van der Waals surface area contributed by atoms with E-state index in [4.69, 9.17) is 17.3 Å². The molecule has 2 aliphatic heterocycles. The number of thioether (sulfide) groups is 2. The molecular formula is C24H22N2O3S3. The van der Waals surface area contributed by atoms with Crippen molar-refractivity contribution in [3.63, 3.8) is 0 Å². The molecular weight excluding hydrogens is 460 g/mol. The average Bonchev–Trinajstić information content (AvgIpc) is 3.44. The van der Waals surface area contributed by atoms with Gasteiger partial charge in [-0.2, -0.15) is 0 Å². The zero-order valence-electron chi connectivity index (χ0n) is 17.5. The Kier molecular flexibility index (Phi) is 5.77. The lowest BCUT2D eigenvalue weighted by atomic mass is 9.96. The molecule has 2 unspecified atom stereocenters. The fourth-order valence-corrected chi connectivity index (χ4v) is 6.63. The van der Waals surface area contributed by atoms with Gasteiger partial charge in [0.15, 0.2) is 0 Å². The highest BCUT2D eigenvalue weighted by atomic mass is 32.2. The van der Waals surface area contributed by atoms with Crippen LogP contribution in [0.15, 0.2) is 52.3 Å². The number of amides is 1. The molecule has 32 heavy (non-hydrogen) atoms. The number of carbonyl (C=O) groups excluding carboxylic acids is 1. The molecule has 2 atom stereocenters. The molecule has 0 radical (unpaired) electrons. The van der Waals surface area contributed by atoms with Crippen LogP contribution in [0.5, 0.6) is 0 Å². The van der Waals surface area contributed by atoms with Crippen molar-refractivity contribution in [3.05, 3.63) is 58.5 Å². The molecule has 1 saturated heterocycles. The normalized spacial score (nSPS) is 23.2. The number of hydrogen-bond acceptors (Lipinski definition) is 6. The lowest BCUT2D eigenvalue weighted by molar-refractivity contribution is -0.140. The van der Waals surface area contributed by atoms with E-state index in [9.17, 15) is 9.59 Å². The summed E-state index contributed by atoms with van der Waals surface area (Å²) in [4.78, 5) is 29.0. The summed E-state index contributed by atoms with van der Waals surface area (Å²) in [5, 5.41) is 9.04. The highest BCUT2D eigenvalue weighted by molar-refractivity contribution is 8.26. The number of benzene rings is 2. The standard InChI is InChI=1S/C24H22N2O3S3/c1-31-16-8-6-15(7-9-16)26-19-4-2-3-17(19)18-11-14(5-10-20(18)26)12-21-23(29)25(13-22(27)28)24(30)32-21/h5-12,17,19H,2-4,13H2,1H3,(H,27,28)/b21-12+. The van der Waals surface area contributed by atoms with Crippen LogP contribution in [0.25, 0.3) is 6.08 Å². The zero-order chi connectivity index (χ0) is 22.4. The van der Waals surface area contributed by atoms with Crippen LogP contribution in [0.1, 0.15) is 36.3 Å². The first-order chi connectivity index (χ1) is 15.5. The summed E-state index contributed by atoms with van der Waals surface area (Å²) in [7, 11) is 0. The van der Waals surface area contributed by atoms with Crippen LogP contribution in [-0.2, 0) is 9.59 Å². The van der Waals surface area contributed by atoms with Crippen LogP contribution in [0.4, 0.5) is 11.4 Å². The van der Waals surface area contributed by atoms with Gasteiger partial charge < -0.3 is 10.0 Å². The number of carboxylic acid groups (broad SMARTS) is 1. The van der Waals surface area contributed by atoms with E-state index < -0.39 is 12.5 Å². The fraction of sp³-hybridized carbons (Fsp3) is 0.292. The third kappa shape index (κ3) is 3.74. The van der Waals surface area contributed by atoms with Crippen molar-refractivity contribution in [2.45, 2.75) is 36.1 Å². The Bertz CT molecular complexity index is 1150. The minimum Gasteiger partial charge on any atom is -0.480 e. The maximum absolute atomic E-state index is 12.6. The molecule has 1 N–H and O–H groups in total. The van der Waals surface area contributed by atoms with Crippen molar-refractivity contribution in [2.75, 3.05) is 17.7 Å². The van der Waals surface area contributed by atoms with Crippen molar-refractivity contribution in [1.82, 2.24) is 4.90 Å². The Balaban J connectivity index is 1.47. The number of hydrogen-bond donors (Lipinski definition) is 1. The lowest BCUT2D eigenvalue weighted by Gasteiger charge is -2.27. The zero-order valence-corrected chi connectivity index (χ0v) is 19.9. The highest BCUT2D eigenvalue weighted by Gasteiger charge is 2.42. The first-order valence-corrected chi connectivity index (χ1v) is 13.0. The molecule has 3 aliphatic rings. The van der Waals surface area contributed by atoms with E-state index in [-0.39, 0.29) is 5.91 Å². The van der Waals surface area contributed by atoms with E-state index >= 15 is 0 Å². The lowest BCUT2D eigenvalue weighted by Crippen LogP contribution is -2.33. The van der Waals surface area contributed by atoms with Gasteiger partial charge in [0.25, 0.3) is 5.91 Å². The molecule has 0 spiro atoms. The summed E-state index contributed by atoms with van der Waals surface area (Å²) >= 11 is 8.12. The summed E-state index contributed by atoms with van der Waals surface area (Å²) in [5.74, 6) is -0.921. The van der Waals surface area contributed by atoms with Gasteiger partial charge in [0, 0.05) is 28.2 Å². The molecule has 164 valence electrons. The van der Waals surface area contributed by atoms with Crippen LogP contribution >= 0.6 is 35.7 Å². The first kappa shape index (κ1) is 21.6. The topological polar surface area (TPSA) is 60.9 Å². The van der Waals surface area contributed by atoms with E-state index in [1.54, 1.807) is 11.8 Å². The molecule has 5 rings (SSSR count). The van der Waals surface area contributed by atoms with Crippen LogP contribution in [0, 0.1) is 0 Å². The summed E-state index contributed by atoms with van der Waals surface area (Å²) in [6.07, 6.45) is 7.48. The molecule has 2 aromatic rings. The van der Waals surface area contributed by atoms with E-state index in [0.29, 0.717) is 21.2 Å². The fourth-order valence-electron chi connectivity index (χ4n) is 4.97. The largest absolute Gasteiger partial charge is 0.480 e. The second-order valence-electron chi connectivity index (χ2n) is 8.15. The average molecular weight is 483 g/mol. The summed E-state index contributed by atoms with van der Waals surface area (Å²) in [5.41, 5.74) is 4.74. The Hall–Kier alpha value is -2.29. The summed E-state index contributed by atoms with van der Waals surface area (Å²) < 4.78 is 0.292. The second kappa shape index (κ2) is 8.57. The SMILES string of the molecule is CSc1ccc(N2c3ccc(/C=C4/SC(=S)N(CC(=O)O)C4=O)cc3C3CCCC32)cc1. The van der Waals surface area contributed by atoms with Crippen molar-refractivity contribution >= 4 is 69.4 Å². The number of nitrogens with zero attached hydrogens (tertiary/aromatic N) is 2. The van der Waals surface area contributed by atoms with E-state index in [1.165, 1.54) is 52.9 Å². The quantitative estimate of drug-likeness (QED) is 0.344. The number of aliphatic carboxylic acids is 1. The molecule has 2 heterocycles. The molecule has 1 amide bonds. The number of anilines is 2. The molecule has 2 aromatic carbocycles. The van der Waals surface area contributed by atoms with Gasteiger partial charge in [-0.25, -0.2) is 0 Å². The molecule has 1 aliphatic carbocycles. The molecule has 8 heteroatoms. The van der Waals surface area contributed by atoms with Gasteiger partial charge in [-0.05, 0) is 72.7 Å². The molecule has 1 saturated carbocycles. The van der Waals surface area contributed by atoms with Crippen molar-refractivity contribution in [1.29, 1.82) is 0 Å². The molecule has 0 bridgehead atoms. The predicted molar refractivity (Wildman–Crippen MR) is 135 cm³/mol. The molecule has 0 aromatic heterocycles. The second-order valence-corrected chi connectivity index (χ2v) is 10.7. The van der Waals surface area contributed by atoms with Crippen molar-refractivity contribution in [2.24, 2.45) is 0 Å². The molecule has 5 nitrogen and oxygen atoms in total. The van der Waals surface area contributed by atoms with Crippen LogP contribution in [0.2, 0.25) is 0 Å². The minimum atomic E-state index is -1.07. The van der Waals surface area contributed by atoms with Crippen LogP contribution < -0.4 is 4.90 Å². The Morgan fingerprint density at radius 3 is 2.75 bits per heavy atom. The maximum atomic E-state index is 12.6. The first-order valence-electron chi connectivity index (χ1n) is 10.5. The number of rotatable bonds is 5. The van der Waals surface area contributed by atoms with Gasteiger partial charge in [-0.15, -0.1) is 11.8 Å².